The molecule has 0 aliphatic carbocycles. The Balaban J connectivity index is 2.84. The summed E-state index contributed by atoms with van der Waals surface area (Å²) >= 11 is 2.32. The van der Waals surface area contributed by atoms with Crippen LogP contribution in [-0.4, -0.2) is 10.4 Å². The zero-order chi connectivity index (χ0) is 7.82. The Bertz CT molecular complexity index is 93.6. The lowest BCUT2D eigenvalue weighted by atomic mass is 10.2. The van der Waals surface area contributed by atoms with E-state index in [0.717, 1.165) is 19.3 Å². The highest BCUT2D eigenvalue weighted by Crippen LogP contribution is 2.04. The number of hydrogen-bond donors (Lipinski definition) is 0. The van der Waals surface area contributed by atoms with Gasteiger partial charge in [0.2, 0.25) is 0 Å². The summed E-state index contributed by atoms with van der Waals surface area (Å²) in [5.41, 5.74) is 0. The third kappa shape index (κ3) is 8.20. The second kappa shape index (κ2) is 7.31. The Morgan fingerprint density at radius 2 is 1.70 bits per heavy atom. The monoisotopic (exact) mass is 255 g/mol. The lowest BCUT2D eigenvalue weighted by molar-refractivity contribution is -0.143. The molecule has 0 N–H and O–H groups in total. The molecule has 1 radical (unpaired) electrons. The fourth-order valence-corrected chi connectivity index (χ4v) is 1.26. The van der Waals surface area contributed by atoms with Gasteiger partial charge in [0, 0.05) is 0 Å². The number of unbranched alkanes of at least 4 members (excludes halogenated alkanes) is 3. The van der Waals surface area contributed by atoms with E-state index >= 15 is 0 Å². The van der Waals surface area contributed by atoms with Gasteiger partial charge in [-0.15, -0.1) is 0 Å². The summed E-state index contributed by atoms with van der Waals surface area (Å²) < 4.78 is 1.17. The summed E-state index contributed by atoms with van der Waals surface area (Å²) in [5, 5.41) is 9.92. The van der Waals surface area contributed by atoms with Crippen LogP contribution in [-0.2, 0) is 9.90 Å². The van der Waals surface area contributed by atoms with Gasteiger partial charge < -0.3 is 0 Å². The normalized spacial score (nSPS) is 9.70. The fraction of sp³-hybridized carbons (Fsp3) is 0.857. The minimum absolute atomic E-state index is 0.223. The van der Waals surface area contributed by atoms with Crippen LogP contribution in [0.4, 0.5) is 0 Å². The molecule has 10 heavy (non-hydrogen) atoms. The lowest BCUT2D eigenvalue weighted by Gasteiger charge is -1.93. The second-order valence-corrected chi connectivity index (χ2v) is 3.30. The highest BCUT2D eigenvalue weighted by atomic mass is 127. The van der Waals surface area contributed by atoms with E-state index in [1.54, 1.807) is 0 Å². The third-order valence-electron chi connectivity index (χ3n) is 1.26. The molecule has 0 heterocycles. The van der Waals surface area contributed by atoms with Gasteiger partial charge in [-0.05, 0) is 17.3 Å². The highest BCUT2D eigenvalue weighted by Gasteiger charge is 1.97. The number of carbonyl (C=O) groups excluding carboxylic acids is 1. The van der Waals surface area contributed by atoms with Crippen molar-refractivity contribution in [2.45, 2.75) is 32.1 Å². The number of rotatable bonds is 6. The standard InChI is InChI=1S/C7H12IO2/c8-6-4-2-1-3-5-7(9)10/h1-6H2. The first-order chi connectivity index (χ1) is 4.77. The van der Waals surface area contributed by atoms with Gasteiger partial charge in [0.25, 0.3) is 0 Å². The molecule has 0 spiro atoms. The third-order valence-corrected chi connectivity index (χ3v) is 2.03. The van der Waals surface area contributed by atoms with E-state index < -0.39 is 5.97 Å². The van der Waals surface area contributed by atoms with Gasteiger partial charge in [0.05, 0.1) is 6.42 Å². The summed E-state index contributed by atoms with van der Waals surface area (Å²) in [6, 6.07) is 0. The fourth-order valence-electron chi connectivity index (χ4n) is 0.717. The molecule has 0 aromatic carbocycles. The summed E-state index contributed by atoms with van der Waals surface area (Å²) in [6.07, 6.45) is 4.38. The molecule has 0 bridgehead atoms. The molecular formula is C7H12IO2. The first-order valence-corrected chi connectivity index (χ1v) is 5.05. The molecule has 0 saturated heterocycles. The van der Waals surface area contributed by atoms with E-state index in [1.165, 1.54) is 10.8 Å². The molecule has 0 amide bonds. The van der Waals surface area contributed by atoms with E-state index in [2.05, 4.69) is 22.6 Å². The molecule has 0 saturated carbocycles. The van der Waals surface area contributed by atoms with E-state index in [-0.39, 0.29) is 6.42 Å². The van der Waals surface area contributed by atoms with Crippen LogP contribution < -0.4 is 0 Å². The van der Waals surface area contributed by atoms with Crippen molar-refractivity contribution in [1.82, 2.24) is 0 Å². The molecule has 0 unspecified atom stereocenters. The van der Waals surface area contributed by atoms with Crippen molar-refractivity contribution in [3.8, 4) is 0 Å². The summed E-state index contributed by atoms with van der Waals surface area (Å²) in [4.78, 5) is 9.92. The maximum absolute atomic E-state index is 9.92. The highest BCUT2D eigenvalue weighted by molar-refractivity contribution is 14.1. The minimum Gasteiger partial charge on any atom is -0.247 e. The molecule has 0 aliphatic heterocycles. The number of carbonyl (C=O) groups is 1. The van der Waals surface area contributed by atoms with Crippen LogP contribution in [0.15, 0.2) is 0 Å². The van der Waals surface area contributed by atoms with Crippen molar-refractivity contribution in [2.75, 3.05) is 4.43 Å². The predicted octanol–water partition coefficient (Wildman–Crippen LogP) is 2.33. The molecule has 0 aromatic heterocycles. The Hall–Kier alpha value is 0.200. The predicted molar refractivity (Wildman–Crippen MR) is 47.7 cm³/mol. The number of halogens is 1. The van der Waals surface area contributed by atoms with Gasteiger partial charge in [0.1, 0.15) is 0 Å². The van der Waals surface area contributed by atoms with Gasteiger partial charge in [-0.2, -0.15) is 0 Å². The van der Waals surface area contributed by atoms with E-state index in [0.29, 0.717) is 0 Å². The second-order valence-electron chi connectivity index (χ2n) is 2.23. The van der Waals surface area contributed by atoms with Crippen molar-refractivity contribution >= 4 is 28.6 Å². The molecule has 0 atom stereocenters. The van der Waals surface area contributed by atoms with Crippen LogP contribution in [0.25, 0.3) is 0 Å². The van der Waals surface area contributed by atoms with Crippen molar-refractivity contribution in [3.05, 3.63) is 0 Å². The Morgan fingerprint density at radius 1 is 1.10 bits per heavy atom. The number of alkyl halides is 1. The first kappa shape index (κ1) is 10.2. The van der Waals surface area contributed by atoms with Crippen molar-refractivity contribution in [3.63, 3.8) is 0 Å². The smallest absolute Gasteiger partial charge is 0.247 e. The number of hydrogen-bond acceptors (Lipinski definition) is 1. The summed E-state index contributed by atoms with van der Waals surface area (Å²) in [6.45, 7) is 0. The van der Waals surface area contributed by atoms with Crippen LogP contribution in [0.3, 0.4) is 0 Å². The molecular weight excluding hydrogens is 243 g/mol. The maximum atomic E-state index is 9.92. The van der Waals surface area contributed by atoms with Crippen molar-refractivity contribution in [2.24, 2.45) is 0 Å². The maximum Gasteiger partial charge on any atom is 0.355 e. The van der Waals surface area contributed by atoms with Gasteiger partial charge in [-0.1, -0.05) is 35.4 Å². The Morgan fingerprint density at radius 3 is 2.20 bits per heavy atom. The van der Waals surface area contributed by atoms with E-state index in [1.807, 2.05) is 0 Å². The zero-order valence-electron chi connectivity index (χ0n) is 5.94. The molecule has 59 valence electrons. The van der Waals surface area contributed by atoms with Crippen molar-refractivity contribution in [1.29, 1.82) is 0 Å². The Kier molecular flexibility index (Phi) is 7.45. The van der Waals surface area contributed by atoms with Gasteiger partial charge in [-0.25, -0.2) is 9.90 Å². The summed E-state index contributed by atoms with van der Waals surface area (Å²) in [5.74, 6) is -0.922. The average Bonchev–Trinajstić information content (AvgIpc) is 1.87. The quantitative estimate of drug-likeness (QED) is 0.407. The van der Waals surface area contributed by atoms with Crippen molar-refractivity contribution < 1.29 is 9.90 Å². The summed E-state index contributed by atoms with van der Waals surface area (Å²) in [7, 11) is 0. The lowest BCUT2D eigenvalue weighted by Crippen LogP contribution is -1.91. The largest absolute Gasteiger partial charge is 0.355 e. The van der Waals surface area contributed by atoms with E-state index in [4.69, 9.17) is 0 Å². The molecule has 2 nitrogen and oxygen atoms in total. The molecule has 0 rings (SSSR count). The topological polar surface area (TPSA) is 37.0 Å². The first-order valence-electron chi connectivity index (χ1n) is 3.53. The molecule has 0 aromatic rings. The average molecular weight is 255 g/mol. The van der Waals surface area contributed by atoms with Crippen LogP contribution in [0.5, 0.6) is 0 Å². The van der Waals surface area contributed by atoms with Gasteiger partial charge in [0.15, 0.2) is 0 Å². The van der Waals surface area contributed by atoms with Gasteiger partial charge in [-0.3, -0.25) is 0 Å². The van der Waals surface area contributed by atoms with Crippen LogP contribution in [0.1, 0.15) is 32.1 Å². The zero-order valence-corrected chi connectivity index (χ0v) is 8.09. The minimum atomic E-state index is -0.922. The van der Waals surface area contributed by atoms with Crippen LogP contribution in [0.2, 0.25) is 0 Å². The van der Waals surface area contributed by atoms with Crippen LogP contribution in [0, 0.1) is 0 Å². The van der Waals surface area contributed by atoms with E-state index in [9.17, 15) is 9.90 Å². The van der Waals surface area contributed by atoms with Crippen LogP contribution >= 0.6 is 22.6 Å². The molecule has 3 heteroatoms. The van der Waals surface area contributed by atoms with Gasteiger partial charge >= 0.3 is 5.97 Å². The SMILES string of the molecule is [O]C(=O)CCCCCCI. The molecule has 0 aliphatic rings. The Labute approximate surface area is 75.1 Å². The molecule has 0 fully saturated rings.